The number of hydrogen-bond donors (Lipinski definition) is 2. The molecule has 0 aromatic carbocycles. The van der Waals surface area contributed by atoms with Crippen molar-refractivity contribution >= 4 is 5.91 Å². The van der Waals surface area contributed by atoms with Gasteiger partial charge in [0.25, 0.3) is 0 Å². The van der Waals surface area contributed by atoms with Crippen LogP contribution in [0.25, 0.3) is 0 Å². The summed E-state index contributed by atoms with van der Waals surface area (Å²) in [4.78, 5) is 14.3. The molecule has 1 fully saturated rings. The van der Waals surface area contributed by atoms with Gasteiger partial charge in [0, 0.05) is 19.0 Å². The van der Waals surface area contributed by atoms with E-state index in [1.165, 1.54) is 25.7 Å². The molecule has 2 N–H and O–H groups in total. The van der Waals surface area contributed by atoms with Crippen molar-refractivity contribution in [1.29, 1.82) is 0 Å². The van der Waals surface area contributed by atoms with Crippen LogP contribution in [0.3, 0.4) is 0 Å². The van der Waals surface area contributed by atoms with E-state index in [0.29, 0.717) is 18.4 Å². The van der Waals surface area contributed by atoms with Crippen LogP contribution in [0.2, 0.25) is 0 Å². The summed E-state index contributed by atoms with van der Waals surface area (Å²) >= 11 is 0. The highest BCUT2D eigenvalue weighted by atomic mass is 16.1. The monoisotopic (exact) mass is 297 g/mol. The first-order valence-corrected chi connectivity index (χ1v) is 8.72. The van der Waals surface area contributed by atoms with Gasteiger partial charge >= 0.3 is 0 Å². The topological polar surface area (TPSA) is 44.4 Å². The lowest BCUT2D eigenvalue weighted by Gasteiger charge is -2.31. The van der Waals surface area contributed by atoms with Crippen molar-refractivity contribution in [3.8, 4) is 0 Å². The van der Waals surface area contributed by atoms with Crippen LogP contribution in [-0.4, -0.2) is 50.6 Å². The quantitative estimate of drug-likeness (QED) is 0.686. The standard InChI is InChI=1S/C17H35N3O/c1-5-15(6-2)16(20(3)4)13-19-17(21)8-7-14-9-11-18-12-10-14/h14-16,18H,5-13H2,1-4H3,(H,19,21). The zero-order valence-electron chi connectivity index (χ0n) is 14.5. The van der Waals surface area contributed by atoms with Gasteiger partial charge in [-0.1, -0.05) is 26.7 Å². The van der Waals surface area contributed by atoms with Gasteiger partial charge in [-0.05, 0) is 58.3 Å². The lowest BCUT2D eigenvalue weighted by Crippen LogP contribution is -2.44. The molecular formula is C17H35N3O. The maximum absolute atomic E-state index is 12.1. The Labute approximate surface area is 131 Å². The molecule has 0 aromatic rings. The van der Waals surface area contributed by atoms with Crippen molar-refractivity contribution in [2.24, 2.45) is 11.8 Å². The highest BCUT2D eigenvalue weighted by Crippen LogP contribution is 2.18. The van der Waals surface area contributed by atoms with Crippen LogP contribution in [0.15, 0.2) is 0 Å². The van der Waals surface area contributed by atoms with Crippen LogP contribution < -0.4 is 10.6 Å². The first-order chi connectivity index (χ1) is 10.1. The van der Waals surface area contributed by atoms with E-state index in [1.54, 1.807) is 0 Å². The van der Waals surface area contributed by atoms with Crippen LogP contribution in [-0.2, 0) is 4.79 Å². The molecule has 1 rings (SSSR count). The van der Waals surface area contributed by atoms with Crippen LogP contribution in [0.5, 0.6) is 0 Å². The molecule has 0 radical (unpaired) electrons. The zero-order valence-corrected chi connectivity index (χ0v) is 14.5. The third kappa shape index (κ3) is 6.79. The van der Waals surface area contributed by atoms with Crippen molar-refractivity contribution in [2.45, 2.75) is 58.4 Å². The molecule has 1 amide bonds. The number of likely N-dealkylation sites (N-methyl/N-ethyl adjacent to an activating group) is 1. The molecule has 0 spiro atoms. The van der Waals surface area contributed by atoms with Gasteiger partial charge in [-0.25, -0.2) is 0 Å². The highest BCUT2D eigenvalue weighted by Gasteiger charge is 2.21. The van der Waals surface area contributed by atoms with Gasteiger partial charge in [-0.3, -0.25) is 4.79 Å². The van der Waals surface area contributed by atoms with Crippen molar-refractivity contribution in [3.63, 3.8) is 0 Å². The summed E-state index contributed by atoms with van der Waals surface area (Å²) in [6.07, 6.45) is 6.52. The van der Waals surface area contributed by atoms with Gasteiger partial charge in [0.15, 0.2) is 0 Å². The number of carbonyl (C=O) groups is 1. The van der Waals surface area contributed by atoms with E-state index in [4.69, 9.17) is 0 Å². The first kappa shape index (κ1) is 18.4. The van der Waals surface area contributed by atoms with Crippen LogP contribution in [0, 0.1) is 11.8 Å². The van der Waals surface area contributed by atoms with E-state index in [-0.39, 0.29) is 5.91 Å². The number of nitrogens with one attached hydrogen (secondary N) is 2. The van der Waals surface area contributed by atoms with E-state index >= 15 is 0 Å². The number of nitrogens with zero attached hydrogens (tertiary/aromatic N) is 1. The van der Waals surface area contributed by atoms with Crippen molar-refractivity contribution in [1.82, 2.24) is 15.5 Å². The molecule has 21 heavy (non-hydrogen) atoms. The van der Waals surface area contributed by atoms with Crippen LogP contribution in [0.1, 0.15) is 52.4 Å². The Morgan fingerprint density at radius 2 is 1.86 bits per heavy atom. The van der Waals surface area contributed by atoms with Crippen molar-refractivity contribution in [2.75, 3.05) is 33.7 Å². The van der Waals surface area contributed by atoms with E-state index in [1.807, 2.05) is 0 Å². The van der Waals surface area contributed by atoms with Crippen molar-refractivity contribution in [3.05, 3.63) is 0 Å². The van der Waals surface area contributed by atoms with Crippen molar-refractivity contribution < 1.29 is 4.79 Å². The Kier molecular flexibility index (Phi) is 8.93. The maximum Gasteiger partial charge on any atom is 0.220 e. The summed E-state index contributed by atoms with van der Waals surface area (Å²) in [5.41, 5.74) is 0. The molecule has 1 aliphatic rings. The molecule has 0 aliphatic carbocycles. The maximum atomic E-state index is 12.1. The molecule has 1 heterocycles. The summed E-state index contributed by atoms with van der Waals surface area (Å²) in [6, 6.07) is 0.447. The molecule has 1 saturated heterocycles. The van der Waals surface area contributed by atoms with Crippen LogP contribution in [0.4, 0.5) is 0 Å². The Bertz CT molecular complexity index is 284. The molecule has 4 heteroatoms. The Balaban J connectivity index is 2.28. The number of rotatable bonds is 9. The third-order valence-corrected chi connectivity index (χ3v) is 5.00. The van der Waals surface area contributed by atoms with Gasteiger partial charge in [0.05, 0.1) is 0 Å². The predicted molar refractivity (Wildman–Crippen MR) is 89.4 cm³/mol. The summed E-state index contributed by atoms with van der Waals surface area (Å²) in [7, 11) is 4.23. The minimum atomic E-state index is 0.228. The normalized spacial score (nSPS) is 18.2. The zero-order chi connectivity index (χ0) is 15.7. The van der Waals surface area contributed by atoms with Gasteiger partial charge in [-0.2, -0.15) is 0 Å². The minimum Gasteiger partial charge on any atom is -0.355 e. The molecule has 0 bridgehead atoms. The summed E-state index contributed by atoms with van der Waals surface area (Å²) in [5, 5.41) is 6.53. The predicted octanol–water partition coefficient (Wildman–Crippen LogP) is 2.25. The lowest BCUT2D eigenvalue weighted by molar-refractivity contribution is -0.121. The van der Waals surface area contributed by atoms with E-state index in [0.717, 1.165) is 32.0 Å². The fraction of sp³-hybridized carbons (Fsp3) is 0.941. The van der Waals surface area contributed by atoms with E-state index in [9.17, 15) is 4.79 Å². The van der Waals surface area contributed by atoms with Gasteiger partial charge < -0.3 is 15.5 Å². The molecule has 4 nitrogen and oxygen atoms in total. The number of carbonyl (C=O) groups excluding carboxylic acids is 1. The first-order valence-electron chi connectivity index (χ1n) is 8.72. The SMILES string of the molecule is CCC(CC)C(CNC(=O)CCC1CCNCC1)N(C)C. The molecule has 0 saturated carbocycles. The lowest BCUT2D eigenvalue weighted by atomic mass is 9.92. The Morgan fingerprint density at radius 1 is 1.24 bits per heavy atom. The number of hydrogen-bond acceptors (Lipinski definition) is 3. The summed E-state index contributed by atoms with van der Waals surface area (Å²) in [5.74, 6) is 1.62. The smallest absolute Gasteiger partial charge is 0.220 e. The van der Waals surface area contributed by atoms with E-state index < -0.39 is 0 Å². The fourth-order valence-electron chi connectivity index (χ4n) is 3.42. The Morgan fingerprint density at radius 3 is 2.38 bits per heavy atom. The molecule has 1 atom stereocenters. The molecule has 0 aromatic heterocycles. The second-order valence-corrected chi connectivity index (χ2v) is 6.64. The second-order valence-electron chi connectivity index (χ2n) is 6.64. The van der Waals surface area contributed by atoms with Crippen LogP contribution >= 0.6 is 0 Å². The second kappa shape index (κ2) is 10.2. The molecule has 1 unspecified atom stereocenters. The molecule has 124 valence electrons. The largest absolute Gasteiger partial charge is 0.355 e. The number of amides is 1. The summed E-state index contributed by atoms with van der Waals surface area (Å²) in [6.45, 7) is 7.49. The number of piperidine rings is 1. The molecule has 1 aliphatic heterocycles. The Hall–Kier alpha value is -0.610. The third-order valence-electron chi connectivity index (χ3n) is 5.00. The summed E-state index contributed by atoms with van der Waals surface area (Å²) < 4.78 is 0. The average molecular weight is 297 g/mol. The molecular weight excluding hydrogens is 262 g/mol. The highest BCUT2D eigenvalue weighted by molar-refractivity contribution is 5.75. The van der Waals surface area contributed by atoms with Gasteiger partial charge in [0.2, 0.25) is 5.91 Å². The van der Waals surface area contributed by atoms with E-state index in [2.05, 4.69) is 43.5 Å². The fourth-order valence-corrected chi connectivity index (χ4v) is 3.42. The minimum absolute atomic E-state index is 0.228. The average Bonchev–Trinajstić information content (AvgIpc) is 2.50. The van der Waals surface area contributed by atoms with Gasteiger partial charge in [-0.15, -0.1) is 0 Å². The van der Waals surface area contributed by atoms with Gasteiger partial charge in [0.1, 0.15) is 0 Å².